The highest BCUT2D eigenvalue weighted by atomic mass is 79.9. The summed E-state index contributed by atoms with van der Waals surface area (Å²) in [5.74, 6) is 0. The molecule has 2 aromatic rings. The lowest BCUT2D eigenvalue weighted by molar-refractivity contribution is 0.818. The van der Waals surface area contributed by atoms with E-state index in [1.807, 2.05) is 13.1 Å². The molecule has 0 spiro atoms. The van der Waals surface area contributed by atoms with Crippen molar-refractivity contribution in [1.29, 1.82) is 0 Å². The van der Waals surface area contributed by atoms with Gasteiger partial charge in [0, 0.05) is 27.0 Å². The number of halogens is 2. The summed E-state index contributed by atoms with van der Waals surface area (Å²) in [6.45, 7) is 0.796. The number of hydrogen-bond acceptors (Lipinski definition) is 2. The van der Waals surface area contributed by atoms with E-state index in [-0.39, 0.29) is 0 Å². The highest BCUT2D eigenvalue weighted by Crippen LogP contribution is 2.33. The maximum absolute atomic E-state index is 6.23. The van der Waals surface area contributed by atoms with E-state index < -0.39 is 0 Å². The Morgan fingerprint density at radius 3 is 2.75 bits per heavy atom. The van der Waals surface area contributed by atoms with Crippen molar-refractivity contribution in [2.45, 2.75) is 6.54 Å². The van der Waals surface area contributed by atoms with Crippen LogP contribution >= 0.6 is 38.9 Å². The van der Waals surface area contributed by atoms with E-state index in [0.717, 1.165) is 27.2 Å². The summed E-state index contributed by atoms with van der Waals surface area (Å²) < 4.78 is 1.12. The third-order valence-corrected chi connectivity index (χ3v) is 4.40. The van der Waals surface area contributed by atoms with Gasteiger partial charge in [-0.2, -0.15) is 11.3 Å². The topological polar surface area (TPSA) is 12.0 Å². The molecular formula is C12H11BrClNS. The van der Waals surface area contributed by atoms with Gasteiger partial charge in [0.1, 0.15) is 0 Å². The van der Waals surface area contributed by atoms with Gasteiger partial charge >= 0.3 is 0 Å². The predicted octanol–water partition coefficient (Wildman–Crippen LogP) is 4.55. The largest absolute Gasteiger partial charge is 0.316 e. The molecule has 0 aliphatic rings. The van der Waals surface area contributed by atoms with Crippen molar-refractivity contribution in [3.8, 4) is 11.1 Å². The number of rotatable bonds is 3. The van der Waals surface area contributed by atoms with Crippen LogP contribution in [0, 0.1) is 0 Å². The summed E-state index contributed by atoms with van der Waals surface area (Å²) in [5.41, 5.74) is 3.47. The van der Waals surface area contributed by atoms with Gasteiger partial charge in [0.15, 0.2) is 0 Å². The number of benzene rings is 1. The average Bonchev–Trinajstić information content (AvgIpc) is 2.68. The molecule has 0 saturated heterocycles. The number of thiophene rings is 1. The molecule has 84 valence electrons. The van der Waals surface area contributed by atoms with Gasteiger partial charge in [0.05, 0.1) is 0 Å². The summed E-state index contributed by atoms with van der Waals surface area (Å²) >= 11 is 11.4. The first-order chi connectivity index (χ1) is 7.72. The van der Waals surface area contributed by atoms with Gasteiger partial charge < -0.3 is 5.32 Å². The molecule has 1 heterocycles. The lowest BCUT2D eigenvalue weighted by atomic mass is 10.1. The van der Waals surface area contributed by atoms with Crippen molar-refractivity contribution in [2.24, 2.45) is 0 Å². The minimum absolute atomic E-state index is 0.796. The van der Waals surface area contributed by atoms with Crippen LogP contribution in [-0.4, -0.2) is 7.05 Å². The normalized spacial score (nSPS) is 10.7. The third-order valence-electron chi connectivity index (χ3n) is 2.35. The molecule has 0 bridgehead atoms. The van der Waals surface area contributed by atoms with Gasteiger partial charge in [-0.1, -0.05) is 23.7 Å². The molecule has 4 heteroatoms. The quantitative estimate of drug-likeness (QED) is 0.876. The monoisotopic (exact) mass is 315 g/mol. The summed E-state index contributed by atoms with van der Waals surface area (Å²) in [7, 11) is 1.92. The Hall–Kier alpha value is -0.350. The zero-order valence-electron chi connectivity index (χ0n) is 8.76. The van der Waals surface area contributed by atoms with Crippen LogP contribution in [0.2, 0.25) is 5.02 Å². The molecular weight excluding hydrogens is 306 g/mol. The summed E-state index contributed by atoms with van der Waals surface area (Å²) in [6, 6.07) is 6.19. The van der Waals surface area contributed by atoms with Crippen molar-refractivity contribution in [2.75, 3.05) is 7.05 Å². The van der Waals surface area contributed by atoms with Crippen LogP contribution in [0.5, 0.6) is 0 Å². The zero-order chi connectivity index (χ0) is 11.5. The van der Waals surface area contributed by atoms with Gasteiger partial charge in [-0.05, 0) is 45.6 Å². The summed E-state index contributed by atoms with van der Waals surface area (Å²) in [4.78, 5) is 0. The Kier molecular flexibility index (Phi) is 4.03. The van der Waals surface area contributed by atoms with E-state index in [2.05, 4.69) is 44.1 Å². The standard InChI is InChI=1S/C12H11BrClNS/c1-15-5-9-3-2-8(4-12(9)14)10-6-16-7-11(10)13/h2-4,6-7,15H,5H2,1H3. The van der Waals surface area contributed by atoms with Crippen molar-refractivity contribution in [1.82, 2.24) is 5.32 Å². The molecule has 2 rings (SSSR count). The fourth-order valence-electron chi connectivity index (χ4n) is 1.54. The van der Waals surface area contributed by atoms with Crippen LogP contribution in [0.4, 0.5) is 0 Å². The maximum atomic E-state index is 6.23. The lowest BCUT2D eigenvalue weighted by Gasteiger charge is -2.06. The van der Waals surface area contributed by atoms with Crippen LogP contribution in [0.1, 0.15) is 5.56 Å². The van der Waals surface area contributed by atoms with Crippen molar-refractivity contribution in [3.63, 3.8) is 0 Å². The van der Waals surface area contributed by atoms with E-state index >= 15 is 0 Å². The number of hydrogen-bond donors (Lipinski definition) is 1. The minimum Gasteiger partial charge on any atom is -0.316 e. The minimum atomic E-state index is 0.796. The Morgan fingerprint density at radius 1 is 1.38 bits per heavy atom. The first kappa shape index (κ1) is 12.1. The molecule has 0 atom stereocenters. The van der Waals surface area contributed by atoms with Gasteiger partial charge in [-0.25, -0.2) is 0 Å². The van der Waals surface area contributed by atoms with Crippen LogP contribution in [-0.2, 0) is 6.54 Å². The second-order valence-electron chi connectivity index (χ2n) is 3.47. The molecule has 0 fully saturated rings. The molecule has 0 amide bonds. The number of nitrogens with one attached hydrogen (secondary N) is 1. The Balaban J connectivity index is 2.38. The van der Waals surface area contributed by atoms with E-state index in [1.54, 1.807) is 11.3 Å². The van der Waals surface area contributed by atoms with E-state index in [4.69, 9.17) is 11.6 Å². The van der Waals surface area contributed by atoms with E-state index in [1.165, 1.54) is 5.56 Å². The summed E-state index contributed by atoms with van der Waals surface area (Å²) in [5, 5.41) is 8.10. The molecule has 0 saturated carbocycles. The fourth-order valence-corrected chi connectivity index (χ4v) is 3.32. The second-order valence-corrected chi connectivity index (χ2v) is 5.48. The van der Waals surface area contributed by atoms with Crippen LogP contribution < -0.4 is 5.32 Å². The van der Waals surface area contributed by atoms with Gasteiger partial charge in [-0.15, -0.1) is 0 Å². The molecule has 1 aromatic heterocycles. The van der Waals surface area contributed by atoms with E-state index in [9.17, 15) is 0 Å². The summed E-state index contributed by atoms with van der Waals surface area (Å²) in [6.07, 6.45) is 0. The molecule has 1 aromatic carbocycles. The Bertz CT molecular complexity index is 496. The average molecular weight is 317 g/mol. The molecule has 0 unspecified atom stereocenters. The fraction of sp³-hybridized carbons (Fsp3) is 0.167. The Morgan fingerprint density at radius 2 is 2.19 bits per heavy atom. The smallest absolute Gasteiger partial charge is 0.0457 e. The lowest BCUT2D eigenvalue weighted by Crippen LogP contribution is -2.05. The molecule has 0 aliphatic heterocycles. The van der Waals surface area contributed by atoms with Crippen LogP contribution in [0.3, 0.4) is 0 Å². The van der Waals surface area contributed by atoms with Crippen LogP contribution in [0.25, 0.3) is 11.1 Å². The van der Waals surface area contributed by atoms with Gasteiger partial charge in [0.25, 0.3) is 0 Å². The predicted molar refractivity (Wildman–Crippen MR) is 75.2 cm³/mol. The zero-order valence-corrected chi connectivity index (χ0v) is 11.9. The molecule has 16 heavy (non-hydrogen) atoms. The van der Waals surface area contributed by atoms with Crippen LogP contribution in [0.15, 0.2) is 33.4 Å². The first-order valence-electron chi connectivity index (χ1n) is 4.87. The highest BCUT2D eigenvalue weighted by Gasteiger charge is 2.06. The Labute approximate surface area is 113 Å². The maximum Gasteiger partial charge on any atom is 0.0457 e. The molecule has 0 aliphatic carbocycles. The van der Waals surface area contributed by atoms with Crippen molar-refractivity contribution >= 4 is 38.9 Å². The SMILES string of the molecule is CNCc1ccc(-c2cscc2Br)cc1Cl. The van der Waals surface area contributed by atoms with Crippen molar-refractivity contribution in [3.05, 3.63) is 44.0 Å². The van der Waals surface area contributed by atoms with E-state index in [0.29, 0.717) is 0 Å². The van der Waals surface area contributed by atoms with Gasteiger partial charge in [0.2, 0.25) is 0 Å². The van der Waals surface area contributed by atoms with Crippen molar-refractivity contribution < 1.29 is 0 Å². The molecule has 1 nitrogen and oxygen atoms in total. The second kappa shape index (κ2) is 5.32. The molecule has 1 N–H and O–H groups in total. The van der Waals surface area contributed by atoms with Gasteiger partial charge in [-0.3, -0.25) is 0 Å². The third kappa shape index (κ3) is 2.48. The highest BCUT2D eigenvalue weighted by molar-refractivity contribution is 9.10. The molecule has 0 radical (unpaired) electrons. The first-order valence-corrected chi connectivity index (χ1v) is 6.99.